The van der Waals surface area contributed by atoms with E-state index in [0.29, 0.717) is 12.0 Å². The second kappa shape index (κ2) is 8.44. The number of quaternary nitrogens is 1. The molecule has 4 rings (SSSR count). The second-order valence-corrected chi connectivity index (χ2v) is 8.56. The van der Waals surface area contributed by atoms with Crippen LogP contribution >= 0.6 is 0 Å². The number of nitro groups is 1. The standard InChI is InChI=1S/C20H29N7O2/c1-15(2)19(20-21-22-23-26(20)17-5-3-4-6-17)25-13-11-24(12-14-25)16-7-9-18(10-8-16)27(28)29/h7-10,15,17,19H,3-6,11-14H2,1-2H3/p+1/t19-/m0/s1. The van der Waals surface area contributed by atoms with Crippen molar-refractivity contribution >= 4 is 11.4 Å². The summed E-state index contributed by atoms with van der Waals surface area (Å²) in [5, 5.41) is 23.7. The molecule has 0 bridgehead atoms. The second-order valence-electron chi connectivity index (χ2n) is 8.56. The summed E-state index contributed by atoms with van der Waals surface area (Å²) in [6.07, 6.45) is 4.87. The fourth-order valence-corrected chi connectivity index (χ4v) is 4.91. The minimum Gasteiger partial charge on any atom is -0.360 e. The summed E-state index contributed by atoms with van der Waals surface area (Å²) in [6, 6.07) is 7.60. The van der Waals surface area contributed by atoms with Gasteiger partial charge < -0.3 is 9.80 Å². The van der Waals surface area contributed by atoms with Gasteiger partial charge >= 0.3 is 0 Å². The molecule has 9 heteroatoms. The number of tetrazole rings is 1. The lowest BCUT2D eigenvalue weighted by Gasteiger charge is -2.38. The van der Waals surface area contributed by atoms with Gasteiger partial charge in [-0.1, -0.05) is 26.7 Å². The maximum atomic E-state index is 10.9. The number of nitrogens with one attached hydrogen (secondary N) is 1. The molecule has 1 atom stereocenters. The quantitative estimate of drug-likeness (QED) is 0.587. The molecule has 1 N–H and O–H groups in total. The number of piperazine rings is 1. The highest BCUT2D eigenvalue weighted by Gasteiger charge is 2.36. The highest BCUT2D eigenvalue weighted by atomic mass is 16.6. The van der Waals surface area contributed by atoms with E-state index in [9.17, 15) is 10.1 Å². The maximum absolute atomic E-state index is 10.9. The fraction of sp³-hybridized carbons (Fsp3) is 0.650. The van der Waals surface area contributed by atoms with Gasteiger partial charge in [0.15, 0.2) is 6.04 Å². The van der Waals surface area contributed by atoms with Gasteiger partial charge in [0.1, 0.15) is 0 Å². The first-order valence-electron chi connectivity index (χ1n) is 10.7. The largest absolute Gasteiger partial charge is 0.360 e. The molecule has 156 valence electrons. The maximum Gasteiger partial charge on any atom is 0.269 e. The van der Waals surface area contributed by atoms with Crippen LogP contribution in [0.15, 0.2) is 24.3 Å². The van der Waals surface area contributed by atoms with E-state index in [-0.39, 0.29) is 16.7 Å². The normalized spacial score (nSPS) is 19.8. The minimum absolute atomic E-state index is 0.136. The Hall–Kier alpha value is -2.55. The van der Waals surface area contributed by atoms with Crippen LogP contribution in [0.1, 0.15) is 57.4 Å². The third-order valence-corrected chi connectivity index (χ3v) is 6.40. The molecule has 2 aromatic rings. The Morgan fingerprint density at radius 1 is 1.14 bits per heavy atom. The number of rotatable bonds is 6. The third kappa shape index (κ3) is 4.10. The van der Waals surface area contributed by atoms with Gasteiger partial charge in [-0.25, -0.2) is 4.68 Å². The number of aromatic nitrogens is 4. The van der Waals surface area contributed by atoms with Crippen LogP contribution < -0.4 is 9.80 Å². The van der Waals surface area contributed by atoms with E-state index in [1.54, 1.807) is 12.1 Å². The summed E-state index contributed by atoms with van der Waals surface area (Å²) in [5.41, 5.74) is 1.18. The molecule has 0 unspecified atom stereocenters. The summed E-state index contributed by atoms with van der Waals surface area (Å²) in [7, 11) is 0. The molecule has 0 spiro atoms. The molecule has 29 heavy (non-hydrogen) atoms. The van der Waals surface area contributed by atoms with Crippen LogP contribution in [0, 0.1) is 16.0 Å². The van der Waals surface area contributed by atoms with Gasteiger partial charge in [0.25, 0.3) is 5.69 Å². The van der Waals surface area contributed by atoms with Crippen LogP contribution in [0.3, 0.4) is 0 Å². The average Bonchev–Trinajstić information content (AvgIpc) is 3.40. The van der Waals surface area contributed by atoms with Gasteiger partial charge in [-0.3, -0.25) is 10.1 Å². The number of nitro benzene ring substituents is 1. The number of anilines is 1. The van der Waals surface area contributed by atoms with Gasteiger partial charge in [-0.2, -0.15) is 0 Å². The van der Waals surface area contributed by atoms with Gasteiger partial charge in [0, 0.05) is 23.7 Å². The molecule has 2 fully saturated rings. The van der Waals surface area contributed by atoms with Crippen molar-refractivity contribution in [2.24, 2.45) is 5.92 Å². The van der Waals surface area contributed by atoms with E-state index in [1.165, 1.54) is 30.6 Å². The topological polar surface area (TPSA) is 94.4 Å². The first kappa shape index (κ1) is 19.8. The molecule has 1 aromatic carbocycles. The Kier molecular flexibility index (Phi) is 5.75. The predicted octanol–water partition coefficient (Wildman–Crippen LogP) is 1.80. The highest BCUT2D eigenvalue weighted by Crippen LogP contribution is 2.31. The average molecular weight is 401 g/mol. The van der Waals surface area contributed by atoms with Crippen molar-refractivity contribution in [2.45, 2.75) is 51.6 Å². The molecule has 1 aromatic heterocycles. The van der Waals surface area contributed by atoms with Crippen LogP contribution in [-0.4, -0.2) is 51.3 Å². The summed E-state index contributed by atoms with van der Waals surface area (Å²) in [5.74, 6) is 1.48. The Bertz CT molecular complexity index is 822. The van der Waals surface area contributed by atoms with E-state index >= 15 is 0 Å². The zero-order valence-corrected chi connectivity index (χ0v) is 17.2. The first-order chi connectivity index (χ1) is 14.0. The molecule has 1 aliphatic heterocycles. The Morgan fingerprint density at radius 3 is 2.38 bits per heavy atom. The Balaban J connectivity index is 1.46. The molecular weight excluding hydrogens is 370 g/mol. The number of hydrogen-bond acceptors (Lipinski definition) is 6. The van der Waals surface area contributed by atoms with Gasteiger partial charge in [0.05, 0.1) is 37.1 Å². The van der Waals surface area contributed by atoms with Crippen molar-refractivity contribution in [2.75, 3.05) is 31.1 Å². The number of benzene rings is 1. The lowest BCUT2D eigenvalue weighted by molar-refractivity contribution is -0.937. The van der Waals surface area contributed by atoms with E-state index in [2.05, 4.69) is 39.0 Å². The van der Waals surface area contributed by atoms with Crippen molar-refractivity contribution < 1.29 is 9.82 Å². The molecule has 0 amide bonds. The van der Waals surface area contributed by atoms with E-state index < -0.39 is 0 Å². The minimum atomic E-state index is -0.354. The van der Waals surface area contributed by atoms with Crippen LogP contribution in [0.4, 0.5) is 11.4 Å². The van der Waals surface area contributed by atoms with Crippen LogP contribution in [0.2, 0.25) is 0 Å². The predicted molar refractivity (Wildman–Crippen MR) is 109 cm³/mol. The molecule has 2 aliphatic rings. The molecule has 0 radical (unpaired) electrons. The van der Waals surface area contributed by atoms with Crippen molar-refractivity contribution in [1.82, 2.24) is 20.2 Å². The first-order valence-corrected chi connectivity index (χ1v) is 10.7. The number of non-ortho nitro benzene ring substituents is 1. The zero-order chi connectivity index (χ0) is 20.4. The van der Waals surface area contributed by atoms with Gasteiger partial charge in [-0.15, -0.1) is 5.10 Å². The smallest absolute Gasteiger partial charge is 0.269 e. The molecule has 9 nitrogen and oxygen atoms in total. The molecule has 1 aliphatic carbocycles. The molecule has 2 heterocycles. The fourth-order valence-electron chi connectivity index (χ4n) is 4.91. The van der Waals surface area contributed by atoms with Crippen LogP contribution in [0.25, 0.3) is 0 Å². The van der Waals surface area contributed by atoms with Gasteiger partial charge in [-0.05, 0) is 35.4 Å². The van der Waals surface area contributed by atoms with Crippen LogP contribution in [0.5, 0.6) is 0 Å². The number of hydrogen-bond donors (Lipinski definition) is 1. The number of nitrogens with zero attached hydrogens (tertiary/aromatic N) is 6. The van der Waals surface area contributed by atoms with Crippen LogP contribution in [-0.2, 0) is 0 Å². The SMILES string of the molecule is CC(C)[C@@H](c1nnnn1C1CCCC1)[NH+]1CCN(c2ccc([N+](=O)[O-])cc2)CC1. The zero-order valence-electron chi connectivity index (χ0n) is 17.2. The lowest BCUT2D eigenvalue weighted by Crippen LogP contribution is -3.15. The molecular formula is C20H30N7O2+. The highest BCUT2D eigenvalue weighted by molar-refractivity contribution is 5.51. The monoisotopic (exact) mass is 400 g/mol. The molecule has 1 saturated heterocycles. The summed E-state index contributed by atoms with van der Waals surface area (Å²) in [4.78, 5) is 14.4. The van der Waals surface area contributed by atoms with Crippen molar-refractivity contribution in [1.29, 1.82) is 0 Å². The van der Waals surface area contributed by atoms with Crippen molar-refractivity contribution in [3.05, 3.63) is 40.2 Å². The van der Waals surface area contributed by atoms with Crippen molar-refractivity contribution in [3.63, 3.8) is 0 Å². The van der Waals surface area contributed by atoms with E-state index in [0.717, 1.165) is 37.7 Å². The molecule has 1 saturated carbocycles. The van der Waals surface area contributed by atoms with Gasteiger partial charge in [0.2, 0.25) is 5.82 Å². The van der Waals surface area contributed by atoms with E-state index in [4.69, 9.17) is 0 Å². The van der Waals surface area contributed by atoms with E-state index in [1.807, 2.05) is 12.1 Å². The van der Waals surface area contributed by atoms with Crippen molar-refractivity contribution in [3.8, 4) is 0 Å². The summed E-state index contributed by atoms with van der Waals surface area (Å²) in [6.45, 7) is 8.35. The Labute approximate surface area is 170 Å². The Morgan fingerprint density at radius 2 is 1.79 bits per heavy atom. The summed E-state index contributed by atoms with van der Waals surface area (Å²) < 4.78 is 2.10. The third-order valence-electron chi connectivity index (χ3n) is 6.40. The lowest BCUT2D eigenvalue weighted by atomic mass is 10.00. The summed E-state index contributed by atoms with van der Waals surface area (Å²) >= 11 is 0.